The Morgan fingerprint density at radius 3 is 2.71 bits per heavy atom. The van der Waals surface area contributed by atoms with E-state index in [1.54, 1.807) is 12.4 Å². The monoisotopic (exact) mass is 315 g/mol. The zero-order chi connectivity index (χ0) is 12.1. The first-order valence-corrected chi connectivity index (χ1v) is 7.51. The zero-order valence-electron chi connectivity index (χ0n) is 9.86. The Labute approximate surface area is 117 Å². The molecule has 0 radical (unpaired) electrons. The third-order valence-electron chi connectivity index (χ3n) is 3.47. The standard InChI is InChI=1S/C13H18BrNOS/c14-11-6-12(8-15-7-11)16-9-13(10-17)4-2-1-3-5-13/h6-8,17H,1-5,9-10H2. The molecule has 17 heavy (non-hydrogen) atoms. The van der Waals surface area contributed by atoms with Crippen LogP contribution in [-0.4, -0.2) is 17.3 Å². The number of ether oxygens (including phenoxy) is 1. The molecule has 2 nitrogen and oxygen atoms in total. The maximum atomic E-state index is 5.88. The minimum atomic E-state index is 0.268. The van der Waals surface area contributed by atoms with Crippen LogP contribution in [0.15, 0.2) is 22.9 Å². The number of hydrogen-bond donors (Lipinski definition) is 1. The Morgan fingerprint density at radius 2 is 2.06 bits per heavy atom. The van der Waals surface area contributed by atoms with Gasteiger partial charge in [0.05, 0.1) is 12.8 Å². The molecule has 1 aliphatic carbocycles. The summed E-state index contributed by atoms with van der Waals surface area (Å²) < 4.78 is 6.84. The van der Waals surface area contributed by atoms with Gasteiger partial charge in [0.1, 0.15) is 5.75 Å². The first kappa shape index (κ1) is 13.2. The number of aromatic nitrogens is 1. The van der Waals surface area contributed by atoms with Gasteiger partial charge in [-0.15, -0.1) is 0 Å². The second-order valence-electron chi connectivity index (χ2n) is 4.85. The first-order valence-electron chi connectivity index (χ1n) is 6.08. The topological polar surface area (TPSA) is 22.1 Å². The Morgan fingerprint density at radius 1 is 1.29 bits per heavy atom. The highest BCUT2D eigenvalue weighted by Crippen LogP contribution is 2.37. The van der Waals surface area contributed by atoms with Crippen LogP contribution in [0.2, 0.25) is 0 Å². The van der Waals surface area contributed by atoms with Gasteiger partial charge in [-0.25, -0.2) is 0 Å². The van der Waals surface area contributed by atoms with Crippen LogP contribution < -0.4 is 4.74 Å². The summed E-state index contributed by atoms with van der Waals surface area (Å²) in [6, 6.07) is 1.96. The molecule has 1 fully saturated rings. The molecule has 1 aromatic rings. The van der Waals surface area contributed by atoms with E-state index in [0.717, 1.165) is 22.6 Å². The van der Waals surface area contributed by atoms with Crippen molar-refractivity contribution in [2.24, 2.45) is 5.41 Å². The van der Waals surface area contributed by atoms with Crippen LogP contribution in [0.3, 0.4) is 0 Å². The quantitative estimate of drug-likeness (QED) is 0.845. The molecule has 1 aliphatic rings. The van der Waals surface area contributed by atoms with Crippen molar-refractivity contribution in [3.63, 3.8) is 0 Å². The lowest BCUT2D eigenvalue weighted by Crippen LogP contribution is -2.32. The van der Waals surface area contributed by atoms with Crippen molar-refractivity contribution in [1.29, 1.82) is 0 Å². The van der Waals surface area contributed by atoms with E-state index in [4.69, 9.17) is 4.74 Å². The molecule has 4 heteroatoms. The van der Waals surface area contributed by atoms with Gasteiger partial charge in [0.2, 0.25) is 0 Å². The van der Waals surface area contributed by atoms with E-state index in [-0.39, 0.29) is 5.41 Å². The van der Waals surface area contributed by atoms with Crippen LogP contribution in [0.25, 0.3) is 0 Å². The fourth-order valence-electron chi connectivity index (χ4n) is 2.36. The number of hydrogen-bond acceptors (Lipinski definition) is 3. The average molecular weight is 316 g/mol. The van der Waals surface area contributed by atoms with Gasteiger partial charge >= 0.3 is 0 Å². The molecule has 94 valence electrons. The number of rotatable bonds is 4. The van der Waals surface area contributed by atoms with Crippen molar-refractivity contribution in [2.45, 2.75) is 32.1 Å². The lowest BCUT2D eigenvalue weighted by Gasteiger charge is -2.35. The van der Waals surface area contributed by atoms with Crippen LogP contribution in [0.4, 0.5) is 0 Å². The summed E-state index contributed by atoms with van der Waals surface area (Å²) in [6.45, 7) is 0.759. The van der Waals surface area contributed by atoms with Crippen LogP contribution >= 0.6 is 28.6 Å². The summed E-state index contributed by atoms with van der Waals surface area (Å²) in [5.74, 6) is 1.75. The third-order valence-corrected chi connectivity index (χ3v) is 4.58. The van der Waals surface area contributed by atoms with Crippen LogP contribution in [0, 0.1) is 5.41 Å². The van der Waals surface area contributed by atoms with Gasteiger partial charge < -0.3 is 4.74 Å². The molecule has 0 saturated heterocycles. The smallest absolute Gasteiger partial charge is 0.138 e. The summed E-state index contributed by atoms with van der Waals surface area (Å²) in [4.78, 5) is 4.11. The van der Waals surface area contributed by atoms with E-state index in [1.165, 1.54) is 32.1 Å². The van der Waals surface area contributed by atoms with Crippen LogP contribution in [0.5, 0.6) is 5.75 Å². The molecule has 1 heterocycles. The molecule has 0 unspecified atom stereocenters. The molecule has 1 saturated carbocycles. The Kier molecular flexibility index (Phi) is 4.74. The van der Waals surface area contributed by atoms with Crippen LogP contribution in [0.1, 0.15) is 32.1 Å². The van der Waals surface area contributed by atoms with Gasteiger partial charge in [0.25, 0.3) is 0 Å². The molecule has 1 aromatic heterocycles. The molecular formula is C13H18BrNOS. The number of pyridine rings is 1. The minimum Gasteiger partial charge on any atom is -0.491 e. The summed E-state index contributed by atoms with van der Waals surface area (Å²) in [6.07, 6.45) is 9.97. The molecule has 2 rings (SSSR count). The second-order valence-corrected chi connectivity index (χ2v) is 6.08. The van der Waals surface area contributed by atoms with Gasteiger partial charge in [-0.2, -0.15) is 12.6 Å². The largest absolute Gasteiger partial charge is 0.491 e. The van der Waals surface area contributed by atoms with E-state index >= 15 is 0 Å². The summed E-state index contributed by atoms with van der Waals surface area (Å²) in [7, 11) is 0. The highest BCUT2D eigenvalue weighted by atomic mass is 79.9. The minimum absolute atomic E-state index is 0.268. The molecule has 0 spiro atoms. The fraction of sp³-hybridized carbons (Fsp3) is 0.615. The molecule has 0 atom stereocenters. The fourth-order valence-corrected chi connectivity index (χ4v) is 3.11. The normalized spacial score (nSPS) is 18.9. The SMILES string of the molecule is SCC1(COc2cncc(Br)c2)CCCCC1. The van der Waals surface area contributed by atoms with E-state index in [0.29, 0.717) is 0 Å². The van der Waals surface area contributed by atoms with E-state index in [2.05, 4.69) is 33.5 Å². The van der Waals surface area contributed by atoms with Gasteiger partial charge in [-0.05, 0) is 40.6 Å². The maximum absolute atomic E-state index is 5.88. The number of halogens is 1. The Bertz CT molecular complexity index is 366. The molecule has 0 aromatic carbocycles. The predicted octanol–water partition coefficient (Wildman–Crippen LogP) is 4.10. The summed E-state index contributed by atoms with van der Waals surface area (Å²) >= 11 is 7.91. The summed E-state index contributed by atoms with van der Waals surface area (Å²) in [5, 5.41) is 0. The lowest BCUT2D eigenvalue weighted by molar-refractivity contribution is 0.120. The van der Waals surface area contributed by atoms with E-state index < -0.39 is 0 Å². The Balaban J connectivity index is 1.95. The number of nitrogens with zero attached hydrogens (tertiary/aromatic N) is 1. The predicted molar refractivity (Wildman–Crippen MR) is 76.8 cm³/mol. The van der Waals surface area contributed by atoms with E-state index in [9.17, 15) is 0 Å². The molecule has 0 amide bonds. The highest BCUT2D eigenvalue weighted by molar-refractivity contribution is 9.10. The van der Waals surface area contributed by atoms with E-state index in [1.807, 2.05) is 6.07 Å². The maximum Gasteiger partial charge on any atom is 0.138 e. The van der Waals surface area contributed by atoms with Crippen molar-refractivity contribution in [3.05, 3.63) is 22.9 Å². The van der Waals surface area contributed by atoms with Crippen LogP contribution in [-0.2, 0) is 0 Å². The number of thiol groups is 1. The zero-order valence-corrected chi connectivity index (χ0v) is 12.3. The van der Waals surface area contributed by atoms with Gasteiger partial charge in [0, 0.05) is 16.1 Å². The van der Waals surface area contributed by atoms with Crippen molar-refractivity contribution < 1.29 is 4.74 Å². The van der Waals surface area contributed by atoms with Crippen molar-refractivity contribution in [2.75, 3.05) is 12.4 Å². The van der Waals surface area contributed by atoms with Gasteiger partial charge in [-0.3, -0.25) is 4.98 Å². The molecule has 0 bridgehead atoms. The second kappa shape index (κ2) is 6.10. The van der Waals surface area contributed by atoms with Crippen molar-refractivity contribution in [3.8, 4) is 5.75 Å². The molecule has 0 N–H and O–H groups in total. The highest BCUT2D eigenvalue weighted by Gasteiger charge is 2.31. The van der Waals surface area contributed by atoms with Gasteiger partial charge in [0.15, 0.2) is 0 Å². The molecule has 0 aliphatic heterocycles. The molecular weight excluding hydrogens is 298 g/mol. The van der Waals surface area contributed by atoms with Crippen molar-refractivity contribution in [1.82, 2.24) is 4.98 Å². The summed E-state index contributed by atoms with van der Waals surface area (Å²) in [5.41, 5.74) is 0.268. The Hall–Kier alpha value is -0.220. The van der Waals surface area contributed by atoms with Gasteiger partial charge in [-0.1, -0.05) is 19.3 Å². The third kappa shape index (κ3) is 3.62. The first-order chi connectivity index (χ1) is 8.24. The lowest BCUT2D eigenvalue weighted by atomic mass is 9.76. The van der Waals surface area contributed by atoms with Crippen molar-refractivity contribution >= 4 is 28.6 Å². The average Bonchev–Trinajstić information content (AvgIpc) is 2.38.